The van der Waals surface area contributed by atoms with Crippen LogP contribution in [0, 0.1) is 0 Å². The van der Waals surface area contributed by atoms with Crippen LogP contribution in [0.3, 0.4) is 0 Å². The number of ether oxygens (including phenoxy) is 2. The number of hydrogen-bond acceptors (Lipinski definition) is 7. The first-order chi connectivity index (χ1) is 14.1. The molecule has 10 heteroatoms. The molecule has 3 rings (SSSR count). The Labute approximate surface area is 184 Å². The molecule has 0 unspecified atom stereocenters. The molecule has 9 nitrogen and oxygen atoms in total. The summed E-state index contributed by atoms with van der Waals surface area (Å²) in [7, 11) is 0. The van der Waals surface area contributed by atoms with Crippen LogP contribution in [0.5, 0.6) is 0 Å². The van der Waals surface area contributed by atoms with Gasteiger partial charge in [0.1, 0.15) is 10.2 Å². The summed E-state index contributed by atoms with van der Waals surface area (Å²) < 4.78 is 12.8. The van der Waals surface area contributed by atoms with E-state index in [1.807, 2.05) is 20.8 Å². The molecule has 2 heterocycles. The SMILES string of the molecule is CCOC(=O)c1cn2cc(Br)nc(N[C@H]3CC[C@H](NC(=O)OC(C)(C)C)CC3)c2n1. The lowest BCUT2D eigenvalue weighted by atomic mass is 9.91. The molecule has 0 saturated heterocycles. The number of hydrogen-bond donors (Lipinski definition) is 2. The Morgan fingerprint density at radius 3 is 2.47 bits per heavy atom. The lowest BCUT2D eigenvalue weighted by Gasteiger charge is -2.30. The van der Waals surface area contributed by atoms with E-state index in [-0.39, 0.29) is 23.9 Å². The van der Waals surface area contributed by atoms with Crippen LogP contribution < -0.4 is 10.6 Å². The van der Waals surface area contributed by atoms with Gasteiger partial charge in [0.15, 0.2) is 17.2 Å². The highest BCUT2D eigenvalue weighted by Gasteiger charge is 2.26. The lowest BCUT2D eigenvalue weighted by Crippen LogP contribution is -2.42. The average Bonchev–Trinajstić information content (AvgIpc) is 3.06. The third-order valence-corrected chi connectivity index (χ3v) is 5.06. The number of rotatable bonds is 5. The highest BCUT2D eigenvalue weighted by Crippen LogP contribution is 2.25. The molecule has 1 aliphatic rings. The van der Waals surface area contributed by atoms with Gasteiger partial charge in [-0.15, -0.1) is 0 Å². The number of halogens is 1. The van der Waals surface area contributed by atoms with Gasteiger partial charge in [0.05, 0.1) is 6.61 Å². The molecule has 1 fully saturated rings. The van der Waals surface area contributed by atoms with Gasteiger partial charge >= 0.3 is 12.1 Å². The Morgan fingerprint density at radius 1 is 1.17 bits per heavy atom. The van der Waals surface area contributed by atoms with Gasteiger partial charge in [-0.1, -0.05) is 0 Å². The van der Waals surface area contributed by atoms with Crippen molar-refractivity contribution < 1.29 is 19.1 Å². The van der Waals surface area contributed by atoms with E-state index in [0.29, 0.717) is 22.7 Å². The molecule has 1 saturated carbocycles. The highest BCUT2D eigenvalue weighted by molar-refractivity contribution is 9.10. The Morgan fingerprint density at radius 2 is 1.83 bits per heavy atom. The number of carbonyl (C=O) groups excluding carboxylic acids is 2. The molecule has 2 N–H and O–H groups in total. The molecule has 2 aromatic rings. The summed E-state index contributed by atoms with van der Waals surface area (Å²) >= 11 is 3.41. The maximum atomic E-state index is 12.0. The number of anilines is 1. The second kappa shape index (κ2) is 9.20. The van der Waals surface area contributed by atoms with Crippen molar-refractivity contribution in [3.05, 3.63) is 22.7 Å². The fourth-order valence-electron chi connectivity index (χ4n) is 3.42. The van der Waals surface area contributed by atoms with Crippen LogP contribution in [0.1, 0.15) is 63.9 Å². The molecule has 30 heavy (non-hydrogen) atoms. The summed E-state index contributed by atoms with van der Waals surface area (Å²) in [6.07, 6.45) is 6.41. The van der Waals surface area contributed by atoms with Gasteiger partial charge in [-0.05, 0) is 69.3 Å². The van der Waals surface area contributed by atoms with E-state index in [1.165, 1.54) is 0 Å². The van der Waals surface area contributed by atoms with E-state index in [0.717, 1.165) is 25.7 Å². The summed E-state index contributed by atoms with van der Waals surface area (Å²) in [5, 5.41) is 6.39. The predicted octanol–water partition coefficient (Wildman–Crippen LogP) is 3.92. The number of nitrogens with one attached hydrogen (secondary N) is 2. The molecule has 0 aliphatic heterocycles. The van der Waals surface area contributed by atoms with Gasteiger partial charge in [-0.2, -0.15) is 0 Å². The number of esters is 1. The molecule has 0 aromatic carbocycles. The zero-order valence-electron chi connectivity index (χ0n) is 17.7. The number of nitrogens with zero attached hydrogens (tertiary/aromatic N) is 3. The number of aromatic nitrogens is 3. The van der Waals surface area contributed by atoms with Crippen molar-refractivity contribution in [3.8, 4) is 0 Å². The van der Waals surface area contributed by atoms with E-state index in [4.69, 9.17) is 9.47 Å². The zero-order chi connectivity index (χ0) is 21.9. The first-order valence-corrected chi connectivity index (χ1v) is 10.9. The molecule has 164 valence electrons. The Bertz CT molecular complexity index is 916. The second-order valence-electron chi connectivity index (χ2n) is 8.33. The predicted molar refractivity (Wildman–Crippen MR) is 116 cm³/mol. The Hall–Kier alpha value is -2.36. The van der Waals surface area contributed by atoms with Crippen molar-refractivity contribution in [2.75, 3.05) is 11.9 Å². The quantitative estimate of drug-likeness (QED) is 0.623. The fourth-order valence-corrected chi connectivity index (χ4v) is 3.82. The zero-order valence-corrected chi connectivity index (χ0v) is 19.3. The van der Waals surface area contributed by atoms with Gasteiger partial charge in [0, 0.05) is 24.5 Å². The largest absolute Gasteiger partial charge is 0.461 e. The van der Waals surface area contributed by atoms with Gasteiger partial charge in [-0.3, -0.25) is 0 Å². The molecular formula is C20H28BrN5O4. The number of amides is 1. The minimum absolute atomic E-state index is 0.0928. The standard InChI is InChI=1S/C20H28BrN5O4/c1-5-29-18(27)14-10-26-11-15(21)25-16(17(26)24-14)22-12-6-8-13(9-7-12)23-19(28)30-20(2,3)4/h10-13H,5-9H2,1-4H3,(H,22,25)(H,23,28)/t12-,13-. The van der Waals surface area contributed by atoms with Crippen LogP contribution in [0.4, 0.5) is 10.6 Å². The van der Waals surface area contributed by atoms with E-state index in [9.17, 15) is 9.59 Å². The molecular weight excluding hydrogens is 454 g/mol. The second-order valence-corrected chi connectivity index (χ2v) is 9.14. The van der Waals surface area contributed by atoms with Gasteiger partial charge < -0.3 is 24.5 Å². The van der Waals surface area contributed by atoms with Crippen LogP contribution in [-0.2, 0) is 9.47 Å². The minimum atomic E-state index is -0.507. The van der Waals surface area contributed by atoms with E-state index < -0.39 is 11.6 Å². The van der Waals surface area contributed by atoms with Crippen LogP contribution in [0.2, 0.25) is 0 Å². The third kappa shape index (κ3) is 5.84. The minimum Gasteiger partial charge on any atom is -0.461 e. The molecule has 2 aromatic heterocycles. The number of carbonyl (C=O) groups is 2. The number of imidazole rings is 1. The first kappa shape index (κ1) is 22.3. The normalized spacial score (nSPS) is 19.4. The van der Waals surface area contributed by atoms with Crippen molar-refractivity contribution in [1.29, 1.82) is 0 Å². The van der Waals surface area contributed by atoms with E-state index in [1.54, 1.807) is 23.7 Å². The van der Waals surface area contributed by atoms with Crippen LogP contribution in [0.15, 0.2) is 17.0 Å². The molecule has 1 aliphatic carbocycles. The van der Waals surface area contributed by atoms with Gasteiger partial charge in [-0.25, -0.2) is 19.6 Å². The fraction of sp³-hybridized carbons (Fsp3) is 0.600. The lowest BCUT2D eigenvalue weighted by molar-refractivity contribution is 0.0488. The van der Waals surface area contributed by atoms with Gasteiger partial charge in [0.2, 0.25) is 0 Å². The smallest absolute Gasteiger partial charge is 0.407 e. The monoisotopic (exact) mass is 481 g/mol. The van der Waals surface area contributed by atoms with Crippen molar-refractivity contribution in [2.45, 2.75) is 71.1 Å². The molecule has 0 atom stereocenters. The Balaban J connectivity index is 1.63. The van der Waals surface area contributed by atoms with Crippen LogP contribution in [-0.4, -0.2) is 50.7 Å². The summed E-state index contributed by atoms with van der Waals surface area (Å²) in [5.74, 6) is 0.139. The summed E-state index contributed by atoms with van der Waals surface area (Å²) in [6.45, 7) is 7.60. The summed E-state index contributed by atoms with van der Waals surface area (Å²) in [6, 6.07) is 0.283. The molecule has 0 radical (unpaired) electrons. The van der Waals surface area contributed by atoms with E-state index >= 15 is 0 Å². The number of alkyl carbamates (subject to hydrolysis) is 1. The topological polar surface area (TPSA) is 107 Å². The third-order valence-electron chi connectivity index (χ3n) is 4.68. The van der Waals surface area contributed by atoms with Crippen molar-refractivity contribution in [2.24, 2.45) is 0 Å². The van der Waals surface area contributed by atoms with E-state index in [2.05, 4.69) is 36.5 Å². The number of fused-ring (bicyclic) bond motifs is 1. The van der Waals surface area contributed by atoms with Crippen molar-refractivity contribution in [3.63, 3.8) is 0 Å². The van der Waals surface area contributed by atoms with Crippen molar-refractivity contribution >= 4 is 39.5 Å². The first-order valence-electron chi connectivity index (χ1n) is 10.1. The molecule has 0 bridgehead atoms. The van der Waals surface area contributed by atoms with Crippen molar-refractivity contribution in [1.82, 2.24) is 19.7 Å². The summed E-state index contributed by atoms with van der Waals surface area (Å²) in [5.41, 5.74) is 0.299. The van der Waals surface area contributed by atoms with Crippen LogP contribution in [0.25, 0.3) is 5.65 Å². The molecule has 0 spiro atoms. The average molecular weight is 482 g/mol. The Kier molecular flexibility index (Phi) is 6.84. The summed E-state index contributed by atoms with van der Waals surface area (Å²) in [4.78, 5) is 32.9. The maximum Gasteiger partial charge on any atom is 0.407 e. The molecule has 1 amide bonds. The van der Waals surface area contributed by atoms with Gasteiger partial charge in [0.25, 0.3) is 0 Å². The maximum absolute atomic E-state index is 12.0. The highest BCUT2D eigenvalue weighted by atomic mass is 79.9. The van der Waals surface area contributed by atoms with Crippen LogP contribution >= 0.6 is 15.9 Å².